The van der Waals surface area contributed by atoms with Crippen LogP contribution in [0.4, 0.5) is 0 Å². The lowest BCUT2D eigenvalue weighted by molar-refractivity contribution is -0.122. The fourth-order valence-corrected chi connectivity index (χ4v) is 1.39. The lowest BCUT2D eigenvalue weighted by atomic mass is 10.2. The Morgan fingerprint density at radius 1 is 1.00 bits per heavy atom. The van der Waals surface area contributed by atoms with E-state index >= 15 is 0 Å². The summed E-state index contributed by atoms with van der Waals surface area (Å²) in [4.78, 5) is 22.6. The molecule has 0 heterocycles. The molecular formula is C12H25N3O2. The summed E-state index contributed by atoms with van der Waals surface area (Å²) >= 11 is 0. The van der Waals surface area contributed by atoms with Gasteiger partial charge in [-0.1, -0.05) is 0 Å². The van der Waals surface area contributed by atoms with E-state index in [2.05, 4.69) is 16.0 Å². The molecule has 0 saturated heterocycles. The first-order valence-electron chi connectivity index (χ1n) is 6.27. The van der Waals surface area contributed by atoms with Crippen molar-refractivity contribution in [3.63, 3.8) is 0 Å². The minimum absolute atomic E-state index is 0.0167. The second kappa shape index (κ2) is 10.1. The van der Waals surface area contributed by atoms with Gasteiger partial charge in [0.2, 0.25) is 11.8 Å². The van der Waals surface area contributed by atoms with Crippen LogP contribution in [0.2, 0.25) is 0 Å². The summed E-state index contributed by atoms with van der Waals surface area (Å²) in [6, 6.07) is 0.165. The summed E-state index contributed by atoms with van der Waals surface area (Å²) in [5.74, 6) is 0.0430. The first-order valence-corrected chi connectivity index (χ1v) is 6.27. The van der Waals surface area contributed by atoms with Crippen molar-refractivity contribution in [1.29, 1.82) is 0 Å². The van der Waals surface area contributed by atoms with Crippen molar-refractivity contribution in [3.8, 4) is 0 Å². The number of hydrogen-bond donors (Lipinski definition) is 3. The zero-order valence-electron chi connectivity index (χ0n) is 11.1. The summed E-state index contributed by atoms with van der Waals surface area (Å²) in [6.45, 7) is 5.44. The SMILES string of the molecule is CNCCCNC(=O)CCCC(=O)NC(C)C. The highest BCUT2D eigenvalue weighted by atomic mass is 16.2. The van der Waals surface area contributed by atoms with Gasteiger partial charge in [0, 0.05) is 25.4 Å². The van der Waals surface area contributed by atoms with Gasteiger partial charge >= 0.3 is 0 Å². The Hall–Kier alpha value is -1.10. The monoisotopic (exact) mass is 243 g/mol. The van der Waals surface area contributed by atoms with Crippen LogP contribution in [0.15, 0.2) is 0 Å². The fraction of sp³-hybridized carbons (Fsp3) is 0.833. The average molecular weight is 243 g/mol. The molecule has 5 nitrogen and oxygen atoms in total. The van der Waals surface area contributed by atoms with E-state index in [1.165, 1.54) is 0 Å². The van der Waals surface area contributed by atoms with Gasteiger partial charge in [0.1, 0.15) is 0 Å². The summed E-state index contributed by atoms with van der Waals surface area (Å²) in [5, 5.41) is 8.63. The van der Waals surface area contributed by atoms with E-state index in [1.54, 1.807) is 0 Å². The molecule has 0 spiro atoms. The topological polar surface area (TPSA) is 70.2 Å². The van der Waals surface area contributed by atoms with Gasteiger partial charge in [0.15, 0.2) is 0 Å². The van der Waals surface area contributed by atoms with Gasteiger partial charge in [0.05, 0.1) is 0 Å². The van der Waals surface area contributed by atoms with Gasteiger partial charge in [-0.25, -0.2) is 0 Å². The van der Waals surface area contributed by atoms with E-state index in [4.69, 9.17) is 0 Å². The van der Waals surface area contributed by atoms with E-state index < -0.39 is 0 Å². The minimum Gasteiger partial charge on any atom is -0.356 e. The van der Waals surface area contributed by atoms with Crippen LogP contribution in [0.25, 0.3) is 0 Å². The number of carbonyl (C=O) groups is 2. The maximum atomic E-state index is 11.3. The second-order valence-electron chi connectivity index (χ2n) is 4.38. The van der Waals surface area contributed by atoms with Crippen LogP contribution in [0.1, 0.15) is 39.5 Å². The van der Waals surface area contributed by atoms with Gasteiger partial charge in [-0.05, 0) is 40.3 Å². The predicted molar refractivity (Wildman–Crippen MR) is 68.7 cm³/mol. The Labute approximate surface area is 104 Å². The van der Waals surface area contributed by atoms with E-state index in [0.29, 0.717) is 25.8 Å². The highest BCUT2D eigenvalue weighted by Gasteiger charge is 2.05. The van der Waals surface area contributed by atoms with Crippen LogP contribution in [0.3, 0.4) is 0 Å². The van der Waals surface area contributed by atoms with Crippen LogP contribution in [0, 0.1) is 0 Å². The predicted octanol–water partition coefficient (Wildman–Crippen LogP) is 0.407. The fourth-order valence-electron chi connectivity index (χ4n) is 1.39. The Morgan fingerprint density at radius 2 is 1.65 bits per heavy atom. The van der Waals surface area contributed by atoms with Gasteiger partial charge < -0.3 is 16.0 Å². The molecule has 0 atom stereocenters. The average Bonchev–Trinajstić information content (AvgIpc) is 2.23. The van der Waals surface area contributed by atoms with Crippen molar-refractivity contribution in [1.82, 2.24) is 16.0 Å². The van der Waals surface area contributed by atoms with Crippen LogP contribution >= 0.6 is 0 Å². The van der Waals surface area contributed by atoms with Crippen molar-refractivity contribution < 1.29 is 9.59 Å². The largest absolute Gasteiger partial charge is 0.356 e. The van der Waals surface area contributed by atoms with Crippen molar-refractivity contribution in [2.75, 3.05) is 20.1 Å². The zero-order chi connectivity index (χ0) is 13.1. The lowest BCUT2D eigenvalue weighted by Crippen LogP contribution is -2.30. The van der Waals surface area contributed by atoms with E-state index in [9.17, 15) is 9.59 Å². The second-order valence-corrected chi connectivity index (χ2v) is 4.38. The molecular weight excluding hydrogens is 218 g/mol. The van der Waals surface area contributed by atoms with Gasteiger partial charge in [-0.15, -0.1) is 0 Å². The van der Waals surface area contributed by atoms with Crippen LogP contribution in [-0.4, -0.2) is 38.0 Å². The van der Waals surface area contributed by atoms with E-state index in [1.807, 2.05) is 20.9 Å². The Morgan fingerprint density at radius 3 is 2.24 bits per heavy atom. The third-order valence-electron chi connectivity index (χ3n) is 2.18. The molecule has 0 aromatic rings. The van der Waals surface area contributed by atoms with Crippen LogP contribution < -0.4 is 16.0 Å². The standard InChI is InChI=1S/C12H25N3O2/c1-10(2)15-12(17)7-4-6-11(16)14-9-5-8-13-3/h10,13H,4-9H2,1-3H3,(H,14,16)(H,15,17). The maximum Gasteiger partial charge on any atom is 0.220 e. The molecule has 0 unspecified atom stereocenters. The van der Waals surface area contributed by atoms with Crippen molar-refractivity contribution in [2.24, 2.45) is 0 Å². The molecule has 0 aliphatic heterocycles. The van der Waals surface area contributed by atoms with Crippen molar-refractivity contribution in [2.45, 2.75) is 45.6 Å². The number of nitrogens with one attached hydrogen (secondary N) is 3. The van der Waals surface area contributed by atoms with Crippen LogP contribution in [0.5, 0.6) is 0 Å². The van der Waals surface area contributed by atoms with Crippen molar-refractivity contribution in [3.05, 3.63) is 0 Å². The Balaban J connectivity index is 3.41. The van der Waals surface area contributed by atoms with Gasteiger partial charge in [-0.2, -0.15) is 0 Å². The lowest BCUT2D eigenvalue weighted by Gasteiger charge is -2.08. The smallest absolute Gasteiger partial charge is 0.220 e. The summed E-state index contributed by atoms with van der Waals surface area (Å²) in [7, 11) is 1.88. The van der Waals surface area contributed by atoms with Gasteiger partial charge in [-0.3, -0.25) is 9.59 Å². The Bertz CT molecular complexity index is 230. The highest BCUT2D eigenvalue weighted by molar-refractivity contribution is 5.78. The van der Waals surface area contributed by atoms with Gasteiger partial charge in [0.25, 0.3) is 0 Å². The molecule has 5 heteroatoms. The van der Waals surface area contributed by atoms with Crippen LogP contribution in [-0.2, 0) is 9.59 Å². The molecule has 100 valence electrons. The number of carbonyl (C=O) groups excluding carboxylic acids is 2. The molecule has 0 aliphatic carbocycles. The molecule has 0 aromatic carbocycles. The summed E-state index contributed by atoms with van der Waals surface area (Å²) in [5.41, 5.74) is 0. The number of hydrogen-bond acceptors (Lipinski definition) is 3. The molecule has 2 amide bonds. The number of rotatable bonds is 9. The third-order valence-corrected chi connectivity index (χ3v) is 2.18. The van der Waals surface area contributed by atoms with Crippen molar-refractivity contribution >= 4 is 11.8 Å². The highest BCUT2D eigenvalue weighted by Crippen LogP contribution is 1.96. The minimum atomic E-state index is 0.0167. The normalized spacial score (nSPS) is 10.4. The molecule has 3 N–H and O–H groups in total. The molecule has 0 radical (unpaired) electrons. The first-order chi connectivity index (χ1) is 8.06. The maximum absolute atomic E-state index is 11.3. The Kier molecular flexibility index (Phi) is 9.43. The first kappa shape index (κ1) is 15.9. The third kappa shape index (κ3) is 11.2. The molecule has 0 fully saturated rings. The quantitative estimate of drug-likeness (QED) is 0.514. The molecule has 0 bridgehead atoms. The molecule has 0 rings (SSSR count). The summed E-state index contributed by atoms with van der Waals surface area (Å²) in [6.07, 6.45) is 2.37. The molecule has 0 saturated carbocycles. The molecule has 0 aliphatic rings. The molecule has 17 heavy (non-hydrogen) atoms. The number of amides is 2. The van der Waals surface area contributed by atoms with E-state index in [0.717, 1.165) is 13.0 Å². The summed E-state index contributed by atoms with van der Waals surface area (Å²) < 4.78 is 0. The zero-order valence-corrected chi connectivity index (χ0v) is 11.1. The van der Waals surface area contributed by atoms with E-state index in [-0.39, 0.29) is 17.9 Å². The molecule has 0 aromatic heterocycles.